The van der Waals surface area contributed by atoms with Crippen LogP contribution in [0.4, 0.5) is 0 Å². The van der Waals surface area contributed by atoms with E-state index in [4.69, 9.17) is 4.74 Å². The maximum Gasteiger partial charge on any atom is 0.251 e. The van der Waals surface area contributed by atoms with Crippen molar-refractivity contribution in [1.29, 1.82) is 0 Å². The first-order valence-corrected chi connectivity index (χ1v) is 8.28. The molecule has 1 saturated heterocycles. The Morgan fingerprint density at radius 3 is 2.61 bits per heavy atom. The van der Waals surface area contributed by atoms with Gasteiger partial charge in [0.2, 0.25) is 5.91 Å². The summed E-state index contributed by atoms with van der Waals surface area (Å²) < 4.78 is 5.60. The van der Waals surface area contributed by atoms with E-state index in [1.807, 2.05) is 31.2 Å². The number of nitrogens with zero attached hydrogens (tertiary/aromatic N) is 1. The van der Waals surface area contributed by atoms with E-state index in [-0.39, 0.29) is 24.5 Å². The lowest BCUT2D eigenvalue weighted by atomic mass is 9.85. The number of carbonyl (C=O) groups is 2. The number of nitrogens with one attached hydrogen (secondary N) is 1. The Kier molecular flexibility index (Phi) is 4.66. The summed E-state index contributed by atoms with van der Waals surface area (Å²) in [5.41, 5.74) is 2.07. The molecule has 1 saturated carbocycles. The number of hydrogen-bond donors (Lipinski definition) is 1. The van der Waals surface area contributed by atoms with Gasteiger partial charge in [0.1, 0.15) is 6.61 Å². The van der Waals surface area contributed by atoms with E-state index in [0.29, 0.717) is 12.5 Å². The van der Waals surface area contributed by atoms with Gasteiger partial charge in [-0.3, -0.25) is 9.59 Å². The number of aryl methyl sites for hydroxylation is 1. The van der Waals surface area contributed by atoms with E-state index in [9.17, 15) is 9.59 Å². The van der Waals surface area contributed by atoms with Gasteiger partial charge >= 0.3 is 0 Å². The van der Waals surface area contributed by atoms with Crippen molar-refractivity contribution >= 4 is 11.8 Å². The van der Waals surface area contributed by atoms with E-state index in [1.54, 1.807) is 11.9 Å². The molecule has 0 aromatic heterocycles. The van der Waals surface area contributed by atoms with Crippen molar-refractivity contribution in [2.75, 3.05) is 20.2 Å². The van der Waals surface area contributed by atoms with Crippen LogP contribution in [-0.4, -0.2) is 43.0 Å². The molecule has 1 aliphatic carbocycles. The average molecular weight is 316 g/mol. The quantitative estimate of drug-likeness (QED) is 0.921. The summed E-state index contributed by atoms with van der Waals surface area (Å²) in [5.74, 6) is 0.375. The second-order valence-corrected chi connectivity index (χ2v) is 6.63. The number of likely N-dealkylation sites (N-methyl/N-ethyl adjacent to an activating group) is 1. The highest BCUT2D eigenvalue weighted by Crippen LogP contribution is 2.30. The summed E-state index contributed by atoms with van der Waals surface area (Å²) in [6, 6.07) is 7.53. The highest BCUT2D eigenvalue weighted by Gasteiger charge is 2.40. The lowest BCUT2D eigenvalue weighted by Gasteiger charge is -2.38. The first-order chi connectivity index (χ1) is 11.1. The predicted molar refractivity (Wildman–Crippen MR) is 86.8 cm³/mol. The molecule has 1 aromatic carbocycles. The van der Waals surface area contributed by atoms with Crippen LogP contribution in [0.25, 0.3) is 0 Å². The average Bonchev–Trinajstić information content (AvgIpc) is 2.49. The van der Waals surface area contributed by atoms with Crippen LogP contribution in [0.5, 0.6) is 0 Å². The van der Waals surface area contributed by atoms with Crippen molar-refractivity contribution in [3.8, 4) is 0 Å². The van der Waals surface area contributed by atoms with Crippen LogP contribution in [0.15, 0.2) is 24.3 Å². The molecule has 5 heteroatoms. The zero-order chi connectivity index (χ0) is 16.4. The van der Waals surface area contributed by atoms with Gasteiger partial charge in [0.05, 0.1) is 6.04 Å². The largest absolute Gasteiger partial charge is 0.356 e. The smallest absolute Gasteiger partial charge is 0.251 e. The molecule has 5 nitrogen and oxygen atoms in total. The standard InChI is InChI=1S/C18H24N2O3/c1-12-6-8-14(9-7-12)16-17(23-11-15(21)20(16)2)18(22)19-10-13-4-3-5-13/h6-9,13,16-17H,3-5,10-11H2,1-2H3,(H,19,22). The number of ether oxygens (including phenoxy) is 1. The second kappa shape index (κ2) is 6.71. The molecule has 23 heavy (non-hydrogen) atoms. The lowest BCUT2D eigenvalue weighted by molar-refractivity contribution is -0.162. The van der Waals surface area contributed by atoms with Gasteiger partial charge in [-0.15, -0.1) is 0 Å². The Hall–Kier alpha value is -1.88. The molecular formula is C18H24N2O3. The van der Waals surface area contributed by atoms with Crippen molar-refractivity contribution in [3.63, 3.8) is 0 Å². The number of hydrogen-bond acceptors (Lipinski definition) is 3. The summed E-state index contributed by atoms with van der Waals surface area (Å²) >= 11 is 0. The minimum atomic E-state index is -0.652. The Balaban J connectivity index is 1.76. The molecule has 2 unspecified atom stereocenters. The Morgan fingerprint density at radius 1 is 1.30 bits per heavy atom. The van der Waals surface area contributed by atoms with E-state index >= 15 is 0 Å². The Labute approximate surface area is 137 Å². The minimum Gasteiger partial charge on any atom is -0.356 e. The summed E-state index contributed by atoms with van der Waals surface area (Å²) in [7, 11) is 1.74. The van der Waals surface area contributed by atoms with Gasteiger partial charge in [0, 0.05) is 13.6 Å². The fourth-order valence-electron chi connectivity index (χ4n) is 3.14. The van der Waals surface area contributed by atoms with E-state index in [2.05, 4.69) is 5.32 Å². The summed E-state index contributed by atoms with van der Waals surface area (Å²) in [6.45, 7) is 2.68. The maximum absolute atomic E-state index is 12.6. The van der Waals surface area contributed by atoms with Crippen molar-refractivity contribution < 1.29 is 14.3 Å². The van der Waals surface area contributed by atoms with Crippen molar-refractivity contribution in [2.45, 2.75) is 38.3 Å². The number of carbonyl (C=O) groups excluding carboxylic acids is 2. The van der Waals surface area contributed by atoms with E-state index < -0.39 is 6.10 Å². The number of benzene rings is 1. The fourth-order valence-corrected chi connectivity index (χ4v) is 3.14. The van der Waals surface area contributed by atoms with Gasteiger partial charge in [-0.1, -0.05) is 36.2 Å². The minimum absolute atomic E-state index is 0.0413. The molecular weight excluding hydrogens is 292 g/mol. The van der Waals surface area contributed by atoms with Crippen LogP contribution in [0.2, 0.25) is 0 Å². The maximum atomic E-state index is 12.6. The van der Waals surface area contributed by atoms with E-state index in [1.165, 1.54) is 19.3 Å². The third kappa shape index (κ3) is 3.39. The lowest BCUT2D eigenvalue weighted by Crippen LogP contribution is -2.53. The molecule has 2 atom stereocenters. The Morgan fingerprint density at radius 2 is 2.00 bits per heavy atom. The van der Waals surface area contributed by atoms with Crippen LogP contribution in [-0.2, 0) is 14.3 Å². The molecule has 3 rings (SSSR count). The monoisotopic (exact) mass is 316 g/mol. The fraction of sp³-hybridized carbons (Fsp3) is 0.556. The van der Waals surface area contributed by atoms with Crippen molar-refractivity contribution in [2.24, 2.45) is 5.92 Å². The van der Waals surface area contributed by atoms with Crippen LogP contribution < -0.4 is 5.32 Å². The molecule has 2 aliphatic rings. The van der Waals surface area contributed by atoms with Crippen LogP contribution in [0.3, 0.4) is 0 Å². The first kappa shape index (κ1) is 16.0. The van der Waals surface area contributed by atoms with Crippen molar-refractivity contribution in [1.82, 2.24) is 10.2 Å². The molecule has 0 bridgehead atoms. The van der Waals surface area contributed by atoms with E-state index in [0.717, 1.165) is 11.1 Å². The highest BCUT2D eigenvalue weighted by atomic mass is 16.5. The van der Waals surface area contributed by atoms with Gasteiger partial charge in [0.15, 0.2) is 6.10 Å². The molecule has 1 N–H and O–H groups in total. The van der Waals surface area contributed by atoms with Crippen LogP contribution in [0.1, 0.15) is 36.4 Å². The summed E-state index contributed by atoms with van der Waals surface area (Å²) in [5, 5.41) is 3.00. The van der Waals surface area contributed by atoms with Gasteiger partial charge in [-0.25, -0.2) is 0 Å². The van der Waals surface area contributed by atoms with Crippen LogP contribution >= 0.6 is 0 Å². The first-order valence-electron chi connectivity index (χ1n) is 8.28. The molecule has 1 aromatic rings. The third-order valence-corrected chi connectivity index (χ3v) is 4.95. The second-order valence-electron chi connectivity index (χ2n) is 6.63. The zero-order valence-electron chi connectivity index (χ0n) is 13.7. The number of morpholine rings is 1. The topological polar surface area (TPSA) is 58.6 Å². The molecule has 2 fully saturated rings. The molecule has 0 spiro atoms. The number of rotatable bonds is 4. The SMILES string of the molecule is Cc1ccc(C2C(C(=O)NCC3CCC3)OCC(=O)N2C)cc1. The van der Waals surface area contributed by atoms with Gasteiger partial charge in [-0.2, -0.15) is 0 Å². The van der Waals surface area contributed by atoms with Crippen molar-refractivity contribution in [3.05, 3.63) is 35.4 Å². The van der Waals surface area contributed by atoms with Gasteiger partial charge in [-0.05, 0) is 31.2 Å². The summed E-state index contributed by atoms with van der Waals surface area (Å²) in [4.78, 5) is 26.2. The number of amides is 2. The molecule has 1 aliphatic heterocycles. The molecule has 0 radical (unpaired) electrons. The zero-order valence-corrected chi connectivity index (χ0v) is 13.7. The van der Waals surface area contributed by atoms with Gasteiger partial charge in [0.25, 0.3) is 5.91 Å². The highest BCUT2D eigenvalue weighted by molar-refractivity contribution is 5.86. The molecule has 2 amide bonds. The van der Waals surface area contributed by atoms with Crippen LogP contribution in [0, 0.1) is 12.8 Å². The normalized spacial score (nSPS) is 25.1. The molecule has 124 valence electrons. The summed E-state index contributed by atoms with van der Waals surface area (Å²) in [6.07, 6.45) is 2.97. The molecule has 1 heterocycles. The predicted octanol–water partition coefficient (Wildman–Crippen LogP) is 1.81. The Bertz CT molecular complexity index is 580. The van der Waals surface area contributed by atoms with Gasteiger partial charge < -0.3 is 15.0 Å². The third-order valence-electron chi connectivity index (χ3n) is 4.95.